The number of rotatable bonds is 6. The molecule has 88 valence electrons. The summed E-state index contributed by atoms with van der Waals surface area (Å²) in [5, 5.41) is 3.32. The Morgan fingerprint density at radius 1 is 1.53 bits per heavy atom. The molecule has 0 bridgehead atoms. The second-order valence-corrected chi connectivity index (χ2v) is 4.07. The van der Waals surface area contributed by atoms with Crippen LogP contribution in [-0.2, 0) is 9.53 Å². The normalized spacial score (nSPS) is 26.3. The Hall–Kier alpha value is -0.610. The first-order valence-electron chi connectivity index (χ1n) is 5.76. The fourth-order valence-corrected chi connectivity index (χ4v) is 2.01. The lowest BCUT2D eigenvalue weighted by Gasteiger charge is -2.23. The van der Waals surface area contributed by atoms with E-state index in [4.69, 9.17) is 4.74 Å². The zero-order valence-electron chi connectivity index (χ0n) is 9.95. The number of hydrogen-bond acceptors (Lipinski definition) is 3. The van der Waals surface area contributed by atoms with E-state index >= 15 is 0 Å². The topological polar surface area (TPSA) is 41.6 Å². The lowest BCUT2D eigenvalue weighted by Crippen LogP contribution is -2.38. The highest BCUT2D eigenvalue weighted by atomic mass is 16.5. The van der Waals surface area contributed by atoms with Crippen LogP contribution in [-0.4, -0.2) is 43.3 Å². The summed E-state index contributed by atoms with van der Waals surface area (Å²) >= 11 is 0. The van der Waals surface area contributed by atoms with Crippen molar-refractivity contribution >= 4 is 5.91 Å². The maximum atomic E-state index is 11.8. The molecule has 0 saturated carbocycles. The molecule has 1 fully saturated rings. The maximum Gasteiger partial charge on any atom is 0.240 e. The Balaban J connectivity index is 2.45. The standard InChI is InChI=1S/C11H22N2O2/c1-4-6-10-12-9(2)11(14)13(10)7-5-8-15-3/h9-10,12H,4-8H2,1-3H3. The van der Waals surface area contributed by atoms with E-state index in [2.05, 4.69) is 12.2 Å². The summed E-state index contributed by atoms with van der Waals surface area (Å²) in [6.07, 6.45) is 3.27. The van der Waals surface area contributed by atoms with Gasteiger partial charge in [-0.05, 0) is 19.8 Å². The van der Waals surface area contributed by atoms with Crippen LogP contribution in [0.25, 0.3) is 0 Å². The van der Waals surface area contributed by atoms with Gasteiger partial charge in [-0.1, -0.05) is 13.3 Å². The summed E-state index contributed by atoms with van der Waals surface area (Å²) in [4.78, 5) is 13.8. The summed E-state index contributed by atoms with van der Waals surface area (Å²) in [6, 6.07) is -0.0240. The third-order valence-corrected chi connectivity index (χ3v) is 2.78. The molecule has 15 heavy (non-hydrogen) atoms. The molecule has 1 N–H and O–H groups in total. The van der Waals surface area contributed by atoms with E-state index in [0.717, 1.165) is 32.4 Å². The zero-order valence-corrected chi connectivity index (χ0v) is 9.95. The molecule has 1 heterocycles. The molecule has 1 saturated heterocycles. The number of nitrogens with one attached hydrogen (secondary N) is 1. The smallest absolute Gasteiger partial charge is 0.240 e. The van der Waals surface area contributed by atoms with Crippen LogP contribution in [0.5, 0.6) is 0 Å². The molecule has 0 aromatic carbocycles. The number of carbonyl (C=O) groups excluding carboxylic acids is 1. The van der Waals surface area contributed by atoms with E-state index in [-0.39, 0.29) is 18.1 Å². The summed E-state index contributed by atoms with van der Waals surface area (Å²) in [7, 11) is 1.69. The van der Waals surface area contributed by atoms with E-state index in [0.29, 0.717) is 0 Å². The Bertz CT molecular complexity index is 209. The first kappa shape index (κ1) is 12.5. The van der Waals surface area contributed by atoms with Gasteiger partial charge >= 0.3 is 0 Å². The molecule has 4 heteroatoms. The van der Waals surface area contributed by atoms with E-state index in [1.165, 1.54) is 0 Å². The van der Waals surface area contributed by atoms with Gasteiger partial charge in [0.15, 0.2) is 0 Å². The summed E-state index contributed by atoms with van der Waals surface area (Å²) in [6.45, 7) is 5.59. The molecule has 4 nitrogen and oxygen atoms in total. The number of amides is 1. The van der Waals surface area contributed by atoms with E-state index in [1.807, 2.05) is 11.8 Å². The minimum Gasteiger partial charge on any atom is -0.385 e. The van der Waals surface area contributed by atoms with Crippen molar-refractivity contribution in [1.29, 1.82) is 0 Å². The molecule has 0 aromatic heterocycles. The summed E-state index contributed by atoms with van der Waals surface area (Å²) < 4.78 is 5.00. The van der Waals surface area contributed by atoms with Gasteiger partial charge in [0.1, 0.15) is 0 Å². The average molecular weight is 214 g/mol. The number of methoxy groups -OCH3 is 1. The van der Waals surface area contributed by atoms with Gasteiger partial charge in [-0.25, -0.2) is 0 Å². The first-order chi connectivity index (χ1) is 7.20. The second kappa shape index (κ2) is 6.08. The van der Waals surface area contributed by atoms with E-state index in [1.54, 1.807) is 7.11 Å². The minimum atomic E-state index is -0.0240. The quantitative estimate of drug-likeness (QED) is 0.670. The van der Waals surface area contributed by atoms with Crippen LogP contribution >= 0.6 is 0 Å². The predicted octanol–water partition coefficient (Wildman–Crippen LogP) is 0.969. The van der Waals surface area contributed by atoms with Gasteiger partial charge < -0.3 is 9.64 Å². The van der Waals surface area contributed by atoms with Crippen LogP contribution in [0, 0.1) is 0 Å². The maximum absolute atomic E-state index is 11.8. The number of nitrogens with zero attached hydrogens (tertiary/aromatic N) is 1. The zero-order chi connectivity index (χ0) is 11.3. The molecule has 1 aliphatic rings. The van der Waals surface area contributed by atoms with Gasteiger partial charge in [-0.15, -0.1) is 0 Å². The molecule has 0 aliphatic carbocycles. The van der Waals surface area contributed by atoms with Crippen LogP contribution < -0.4 is 5.32 Å². The fourth-order valence-electron chi connectivity index (χ4n) is 2.01. The number of carbonyl (C=O) groups is 1. The Morgan fingerprint density at radius 3 is 2.87 bits per heavy atom. The Kier molecular flexibility index (Phi) is 5.05. The summed E-state index contributed by atoms with van der Waals surface area (Å²) in [5.74, 6) is 0.226. The van der Waals surface area contributed by atoms with Crippen molar-refractivity contribution in [1.82, 2.24) is 10.2 Å². The largest absolute Gasteiger partial charge is 0.385 e. The van der Waals surface area contributed by atoms with E-state index < -0.39 is 0 Å². The van der Waals surface area contributed by atoms with Crippen molar-refractivity contribution in [3.05, 3.63) is 0 Å². The SMILES string of the molecule is CCCC1NC(C)C(=O)N1CCCOC. The van der Waals surface area contributed by atoms with Gasteiger partial charge in [0.25, 0.3) is 0 Å². The monoisotopic (exact) mass is 214 g/mol. The van der Waals surface area contributed by atoms with Crippen molar-refractivity contribution in [3.63, 3.8) is 0 Å². The van der Waals surface area contributed by atoms with Crippen LogP contribution in [0.4, 0.5) is 0 Å². The van der Waals surface area contributed by atoms with Crippen molar-refractivity contribution in [2.45, 2.75) is 45.3 Å². The third kappa shape index (κ3) is 3.18. The molecule has 0 spiro atoms. The lowest BCUT2D eigenvalue weighted by atomic mass is 10.2. The summed E-state index contributed by atoms with van der Waals surface area (Å²) in [5.41, 5.74) is 0. The van der Waals surface area contributed by atoms with Gasteiger partial charge in [0, 0.05) is 20.3 Å². The minimum absolute atomic E-state index is 0.0240. The second-order valence-electron chi connectivity index (χ2n) is 4.07. The third-order valence-electron chi connectivity index (χ3n) is 2.78. The number of hydrogen-bond donors (Lipinski definition) is 1. The van der Waals surface area contributed by atoms with Gasteiger partial charge in [-0.3, -0.25) is 10.1 Å². The first-order valence-corrected chi connectivity index (χ1v) is 5.76. The van der Waals surface area contributed by atoms with Gasteiger partial charge in [0.05, 0.1) is 12.2 Å². The van der Waals surface area contributed by atoms with Gasteiger partial charge in [0.2, 0.25) is 5.91 Å². The highest BCUT2D eigenvalue weighted by Crippen LogP contribution is 2.15. The molecule has 1 amide bonds. The molecular weight excluding hydrogens is 192 g/mol. The van der Waals surface area contributed by atoms with E-state index in [9.17, 15) is 4.79 Å². The van der Waals surface area contributed by atoms with Crippen molar-refractivity contribution < 1.29 is 9.53 Å². The Morgan fingerprint density at radius 2 is 2.27 bits per heavy atom. The number of ether oxygens (including phenoxy) is 1. The predicted molar refractivity (Wildman–Crippen MR) is 59.5 cm³/mol. The average Bonchev–Trinajstić information content (AvgIpc) is 2.47. The molecule has 0 radical (unpaired) electrons. The van der Waals surface area contributed by atoms with Crippen molar-refractivity contribution in [2.75, 3.05) is 20.3 Å². The van der Waals surface area contributed by atoms with Crippen molar-refractivity contribution in [2.24, 2.45) is 0 Å². The van der Waals surface area contributed by atoms with Crippen molar-refractivity contribution in [3.8, 4) is 0 Å². The molecular formula is C11H22N2O2. The van der Waals surface area contributed by atoms with Crippen LogP contribution in [0.3, 0.4) is 0 Å². The molecule has 2 unspecified atom stereocenters. The van der Waals surface area contributed by atoms with Gasteiger partial charge in [-0.2, -0.15) is 0 Å². The lowest BCUT2D eigenvalue weighted by molar-refractivity contribution is -0.130. The molecule has 2 atom stereocenters. The highest BCUT2D eigenvalue weighted by molar-refractivity contribution is 5.83. The molecule has 1 aliphatic heterocycles. The van der Waals surface area contributed by atoms with Crippen LogP contribution in [0.15, 0.2) is 0 Å². The molecule has 0 aromatic rings. The van der Waals surface area contributed by atoms with Crippen LogP contribution in [0.2, 0.25) is 0 Å². The van der Waals surface area contributed by atoms with Crippen LogP contribution in [0.1, 0.15) is 33.1 Å². The Labute approximate surface area is 92.0 Å². The highest BCUT2D eigenvalue weighted by Gasteiger charge is 2.34. The fraction of sp³-hybridized carbons (Fsp3) is 0.909. The molecule has 1 rings (SSSR count).